The fourth-order valence-electron chi connectivity index (χ4n) is 0.901. The van der Waals surface area contributed by atoms with Crippen LogP contribution in [0.2, 0.25) is 0 Å². The fraction of sp³-hybridized carbons (Fsp3) is 0.556. The predicted molar refractivity (Wildman–Crippen MR) is 68.4 cm³/mol. The van der Waals surface area contributed by atoms with Gasteiger partial charge in [0.1, 0.15) is 25.2 Å². The second kappa shape index (κ2) is 8.98. The minimum Gasteiger partial charge on any atom is -0.480 e. The van der Waals surface area contributed by atoms with Gasteiger partial charge in [-0.3, -0.25) is 14.4 Å². The molecule has 0 unspecified atom stereocenters. The van der Waals surface area contributed by atoms with Crippen LogP contribution in [-0.4, -0.2) is 65.1 Å². The van der Waals surface area contributed by atoms with Crippen molar-refractivity contribution in [2.75, 3.05) is 18.9 Å². The summed E-state index contributed by atoms with van der Waals surface area (Å²) < 4.78 is 4.49. The number of aliphatic carboxylic acids is 2. The Morgan fingerprint density at radius 3 is 2.30 bits per heavy atom. The molecule has 2 amide bonds. The monoisotopic (exact) mass is 309 g/mol. The van der Waals surface area contributed by atoms with E-state index >= 15 is 0 Å². The van der Waals surface area contributed by atoms with Crippen molar-refractivity contribution in [3.8, 4) is 0 Å². The first-order valence-corrected chi connectivity index (χ1v) is 5.93. The Labute approximate surface area is 119 Å². The number of nitrogens with one attached hydrogen (secondary N) is 2. The molecule has 0 saturated heterocycles. The number of hydrogen-bond donors (Lipinski definition) is 6. The van der Waals surface area contributed by atoms with Crippen LogP contribution in [0.4, 0.5) is 4.79 Å². The normalized spacial score (nSPS) is 12.9. The summed E-state index contributed by atoms with van der Waals surface area (Å²) in [5, 5.41) is 21.0. The summed E-state index contributed by atoms with van der Waals surface area (Å²) in [7, 11) is 0. The number of rotatable bonds is 8. The molecule has 2 atom stereocenters. The number of ether oxygens (including phenoxy) is 1. The quantitative estimate of drug-likeness (QED) is 0.270. The first-order valence-electron chi connectivity index (χ1n) is 5.30. The first kappa shape index (κ1) is 18.0. The van der Waals surface area contributed by atoms with Crippen molar-refractivity contribution < 1.29 is 34.1 Å². The van der Waals surface area contributed by atoms with Gasteiger partial charge < -0.3 is 31.3 Å². The van der Waals surface area contributed by atoms with Crippen LogP contribution in [0.5, 0.6) is 0 Å². The highest BCUT2D eigenvalue weighted by Crippen LogP contribution is 1.92. The summed E-state index contributed by atoms with van der Waals surface area (Å²) in [4.78, 5) is 43.4. The Morgan fingerprint density at radius 2 is 1.85 bits per heavy atom. The molecule has 0 radical (unpaired) electrons. The van der Waals surface area contributed by atoms with Crippen LogP contribution >= 0.6 is 12.6 Å². The molecule has 0 aromatic carbocycles. The smallest absolute Gasteiger partial charge is 0.407 e. The summed E-state index contributed by atoms with van der Waals surface area (Å²) in [6, 6.07) is -2.50. The van der Waals surface area contributed by atoms with Crippen LogP contribution < -0.4 is 16.4 Å². The number of hydrogen-bond acceptors (Lipinski definition) is 7. The zero-order chi connectivity index (χ0) is 15.7. The number of carbonyl (C=O) groups is 4. The second-order valence-corrected chi connectivity index (χ2v) is 3.90. The SMILES string of the molecule is N[C@@H](COC(=O)N[C@@H](CS)C(=O)NCC(=O)O)C(=O)O. The van der Waals surface area contributed by atoms with Crippen LogP contribution in [0.15, 0.2) is 0 Å². The molecule has 0 aromatic rings. The molecule has 0 saturated carbocycles. The molecular formula is C9H15N3O7S. The van der Waals surface area contributed by atoms with Crippen molar-refractivity contribution in [3.05, 3.63) is 0 Å². The number of thiol groups is 1. The zero-order valence-corrected chi connectivity index (χ0v) is 11.1. The Morgan fingerprint density at radius 1 is 1.25 bits per heavy atom. The van der Waals surface area contributed by atoms with Gasteiger partial charge >= 0.3 is 18.0 Å². The largest absolute Gasteiger partial charge is 0.480 e. The molecule has 0 spiro atoms. The molecule has 0 aromatic heterocycles. The number of amides is 2. The van der Waals surface area contributed by atoms with Gasteiger partial charge in [-0.25, -0.2) is 4.79 Å². The first-order chi connectivity index (χ1) is 9.27. The van der Waals surface area contributed by atoms with Crippen LogP contribution in [0.3, 0.4) is 0 Å². The van der Waals surface area contributed by atoms with Crippen LogP contribution in [0.1, 0.15) is 0 Å². The summed E-state index contributed by atoms with van der Waals surface area (Å²) in [6.07, 6.45) is -1.06. The maximum Gasteiger partial charge on any atom is 0.407 e. The predicted octanol–water partition coefficient (Wildman–Crippen LogP) is -2.38. The van der Waals surface area contributed by atoms with Crippen molar-refractivity contribution >= 4 is 36.6 Å². The van der Waals surface area contributed by atoms with Crippen molar-refractivity contribution in [2.45, 2.75) is 12.1 Å². The highest BCUT2D eigenvalue weighted by Gasteiger charge is 2.21. The summed E-state index contributed by atoms with van der Waals surface area (Å²) in [5.74, 6) is -3.46. The Bertz CT molecular complexity index is 390. The number of carboxylic acids is 2. The second-order valence-electron chi connectivity index (χ2n) is 3.53. The number of alkyl carbamates (subject to hydrolysis) is 1. The Balaban J connectivity index is 4.21. The van der Waals surface area contributed by atoms with Crippen LogP contribution in [-0.2, 0) is 19.1 Å². The molecule has 11 heteroatoms. The highest BCUT2D eigenvalue weighted by atomic mass is 32.1. The van der Waals surface area contributed by atoms with Gasteiger partial charge in [-0.1, -0.05) is 0 Å². The topological polar surface area (TPSA) is 168 Å². The van der Waals surface area contributed by atoms with E-state index in [4.69, 9.17) is 15.9 Å². The zero-order valence-electron chi connectivity index (χ0n) is 10.2. The van der Waals surface area contributed by atoms with E-state index in [9.17, 15) is 19.2 Å². The fourth-order valence-corrected chi connectivity index (χ4v) is 1.16. The lowest BCUT2D eigenvalue weighted by atomic mass is 10.3. The molecule has 0 rings (SSSR count). The van der Waals surface area contributed by atoms with E-state index < -0.39 is 49.2 Å². The van der Waals surface area contributed by atoms with Gasteiger partial charge in [-0.05, 0) is 0 Å². The van der Waals surface area contributed by atoms with Crippen molar-refractivity contribution in [3.63, 3.8) is 0 Å². The maximum absolute atomic E-state index is 11.4. The van der Waals surface area contributed by atoms with Gasteiger partial charge in [-0.15, -0.1) is 0 Å². The average Bonchev–Trinajstić information content (AvgIpc) is 2.38. The third-order valence-electron chi connectivity index (χ3n) is 1.92. The average molecular weight is 309 g/mol. The van der Waals surface area contributed by atoms with E-state index in [0.29, 0.717) is 0 Å². The van der Waals surface area contributed by atoms with E-state index in [1.165, 1.54) is 0 Å². The lowest BCUT2D eigenvalue weighted by Gasteiger charge is -2.16. The van der Waals surface area contributed by atoms with Crippen LogP contribution in [0, 0.1) is 0 Å². The van der Waals surface area contributed by atoms with Gasteiger partial charge in [0.05, 0.1) is 0 Å². The molecule has 20 heavy (non-hydrogen) atoms. The lowest BCUT2D eigenvalue weighted by molar-refractivity contribution is -0.139. The van der Waals surface area contributed by atoms with E-state index in [0.717, 1.165) is 0 Å². The van der Waals surface area contributed by atoms with Crippen molar-refractivity contribution in [1.82, 2.24) is 10.6 Å². The van der Waals surface area contributed by atoms with E-state index in [1.807, 2.05) is 5.32 Å². The van der Waals surface area contributed by atoms with E-state index in [1.54, 1.807) is 0 Å². The molecule has 0 aliphatic carbocycles. The number of nitrogens with two attached hydrogens (primary N) is 1. The molecule has 10 nitrogen and oxygen atoms in total. The summed E-state index contributed by atoms with van der Waals surface area (Å²) in [5.41, 5.74) is 5.10. The third-order valence-corrected chi connectivity index (χ3v) is 2.28. The van der Waals surface area contributed by atoms with Gasteiger partial charge in [0.25, 0.3) is 0 Å². The molecule has 0 heterocycles. The molecule has 0 aliphatic heterocycles. The van der Waals surface area contributed by atoms with Gasteiger partial charge in [0.15, 0.2) is 0 Å². The minimum atomic E-state index is -1.38. The van der Waals surface area contributed by atoms with Gasteiger partial charge in [0.2, 0.25) is 5.91 Å². The molecule has 114 valence electrons. The minimum absolute atomic E-state index is 0.106. The standard InChI is InChI=1S/C9H15N3O7S/c10-4(8(16)17)2-19-9(18)12-5(3-20)7(15)11-1-6(13)14/h4-5,20H,1-3,10H2,(H,11,15)(H,12,18)(H,13,14)(H,16,17)/t4-,5-/m0/s1. The maximum atomic E-state index is 11.4. The van der Waals surface area contributed by atoms with Crippen LogP contribution in [0.25, 0.3) is 0 Å². The van der Waals surface area contributed by atoms with Gasteiger partial charge in [0, 0.05) is 5.75 Å². The van der Waals surface area contributed by atoms with Crippen molar-refractivity contribution in [1.29, 1.82) is 0 Å². The number of carboxylic acid groups (broad SMARTS) is 2. The number of carbonyl (C=O) groups excluding carboxylic acids is 2. The highest BCUT2D eigenvalue weighted by molar-refractivity contribution is 7.80. The summed E-state index contributed by atoms with van der Waals surface area (Å²) >= 11 is 3.82. The third kappa shape index (κ3) is 7.43. The molecule has 0 aliphatic rings. The Hall–Kier alpha value is -2.01. The lowest BCUT2D eigenvalue weighted by Crippen LogP contribution is -2.49. The summed E-state index contributed by atoms with van der Waals surface area (Å²) in [6.45, 7) is -1.18. The van der Waals surface area contributed by atoms with Crippen molar-refractivity contribution in [2.24, 2.45) is 5.73 Å². The molecule has 6 N–H and O–H groups in total. The van der Waals surface area contributed by atoms with E-state index in [-0.39, 0.29) is 5.75 Å². The Kier molecular flexibility index (Phi) is 8.08. The molecule has 0 bridgehead atoms. The molecular weight excluding hydrogens is 294 g/mol. The van der Waals surface area contributed by atoms with Gasteiger partial charge in [-0.2, -0.15) is 12.6 Å². The molecule has 0 fully saturated rings. The van der Waals surface area contributed by atoms with E-state index in [2.05, 4.69) is 22.7 Å².